The van der Waals surface area contributed by atoms with Crippen molar-refractivity contribution in [2.75, 3.05) is 7.11 Å². The highest BCUT2D eigenvalue weighted by atomic mass is 16.5. The summed E-state index contributed by atoms with van der Waals surface area (Å²) >= 11 is 0. The SMILES string of the molecule is CCC(C)CC(O)c1cc(C(C)(C)C)c(OC)c(C(C)(C)C)c1. The fraction of sp³-hybridized carbons (Fsp3) is 0.714. The summed E-state index contributed by atoms with van der Waals surface area (Å²) in [6.45, 7) is 17.5. The number of methoxy groups -OCH3 is 1. The van der Waals surface area contributed by atoms with Gasteiger partial charge in [0, 0.05) is 11.1 Å². The van der Waals surface area contributed by atoms with E-state index in [4.69, 9.17) is 4.74 Å². The second-order valence-electron chi connectivity index (χ2n) is 8.91. The molecular weight excluding hydrogens is 284 g/mol. The molecule has 23 heavy (non-hydrogen) atoms. The molecule has 0 saturated heterocycles. The molecule has 0 aliphatic heterocycles. The summed E-state index contributed by atoms with van der Waals surface area (Å²) in [5, 5.41) is 10.7. The summed E-state index contributed by atoms with van der Waals surface area (Å²) in [7, 11) is 1.75. The maximum atomic E-state index is 10.7. The number of ether oxygens (including phenoxy) is 1. The van der Waals surface area contributed by atoms with Crippen molar-refractivity contribution in [3.05, 3.63) is 28.8 Å². The third-order valence-electron chi connectivity index (χ3n) is 4.64. The van der Waals surface area contributed by atoms with Crippen molar-refractivity contribution >= 4 is 0 Å². The molecule has 0 aliphatic carbocycles. The van der Waals surface area contributed by atoms with E-state index in [2.05, 4.69) is 67.5 Å². The monoisotopic (exact) mass is 320 g/mol. The van der Waals surface area contributed by atoms with Gasteiger partial charge in [-0.25, -0.2) is 0 Å². The lowest BCUT2D eigenvalue weighted by molar-refractivity contribution is 0.146. The number of aliphatic hydroxyl groups is 1. The van der Waals surface area contributed by atoms with Crippen molar-refractivity contribution in [2.24, 2.45) is 5.92 Å². The van der Waals surface area contributed by atoms with Crippen molar-refractivity contribution < 1.29 is 9.84 Å². The predicted octanol–water partition coefficient (Wildman–Crippen LogP) is 5.76. The maximum absolute atomic E-state index is 10.7. The molecule has 1 rings (SSSR count). The first kappa shape index (κ1) is 20.0. The predicted molar refractivity (Wildman–Crippen MR) is 99.4 cm³/mol. The molecule has 0 radical (unpaired) electrons. The van der Waals surface area contributed by atoms with Gasteiger partial charge in [0.1, 0.15) is 5.75 Å². The Bertz CT molecular complexity index is 483. The van der Waals surface area contributed by atoms with Gasteiger partial charge >= 0.3 is 0 Å². The van der Waals surface area contributed by atoms with Crippen LogP contribution in [0.3, 0.4) is 0 Å². The average Bonchev–Trinajstić information content (AvgIpc) is 2.43. The van der Waals surface area contributed by atoms with Gasteiger partial charge in [-0.05, 0) is 40.9 Å². The van der Waals surface area contributed by atoms with Gasteiger partial charge in [-0.15, -0.1) is 0 Å². The Balaban J connectivity index is 3.50. The van der Waals surface area contributed by atoms with Crippen LogP contribution in [0.2, 0.25) is 0 Å². The molecule has 0 spiro atoms. The zero-order valence-electron chi connectivity index (χ0n) is 16.6. The van der Waals surface area contributed by atoms with Crippen LogP contribution in [-0.4, -0.2) is 12.2 Å². The molecule has 2 atom stereocenters. The summed E-state index contributed by atoms with van der Waals surface area (Å²) in [4.78, 5) is 0. The smallest absolute Gasteiger partial charge is 0.126 e. The first-order valence-corrected chi connectivity index (χ1v) is 8.82. The fourth-order valence-corrected chi connectivity index (χ4v) is 2.86. The molecule has 2 nitrogen and oxygen atoms in total. The quantitative estimate of drug-likeness (QED) is 0.747. The van der Waals surface area contributed by atoms with E-state index < -0.39 is 6.10 Å². The lowest BCUT2D eigenvalue weighted by Crippen LogP contribution is -2.20. The third kappa shape index (κ3) is 4.97. The molecule has 0 aromatic heterocycles. The highest BCUT2D eigenvalue weighted by Gasteiger charge is 2.28. The molecule has 1 N–H and O–H groups in total. The minimum atomic E-state index is -0.418. The second-order valence-corrected chi connectivity index (χ2v) is 8.91. The van der Waals surface area contributed by atoms with E-state index in [0.717, 1.165) is 24.2 Å². The van der Waals surface area contributed by atoms with E-state index in [-0.39, 0.29) is 10.8 Å². The van der Waals surface area contributed by atoms with Gasteiger partial charge in [0.25, 0.3) is 0 Å². The van der Waals surface area contributed by atoms with E-state index in [9.17, 15) is 5.11 Å². The van der Waals surface area contributed by atoms with Crippen molar-refractivity contribution in [3.8, 4) is 5.75 Å². The van der Waals surface area contributed by atoms with Crippen molar-refractivity contribution in [2.45, 2.75) is 85.2 Å². The van der Waals surface area contributed by atoms with Crippen molar-refractivity contribution in [3.63, 3.8) is 0 Å². The highest BCUT2D eigenvalue weighted by Crippen LogP contribution is 2.42. The van der Waals surface area contributed by atoms with Crippen LogP contribution in [0.25, 0.3) is 0 Å². The molecular formula is C21H36O2. The topological polar surface area (TPSA) is 29.5 Å². The first-order chi connectivity index (χ1) is 10.4. The number of rotatable bonds is 5. The third-order valence-corrected chi connectivity index (χ3v) is 4.64. The van der Waals surface area contributed by atoms with E-state index in [1.54, 1.807) is 7.11 Å². The van der Waals surface area contributed by atoms with Crippen LogP contribution in [0, 0.1) is 5.92 Å². The number of hydrogen-bond donors (Lipinski definition) is 1. The van der Waals surface area contributed by atoms with E-state index in [1.165, 1.54) is 11.1 Å². The van der Waals surface area contributed by atoms with Gasteiger partial charge in [0.15, 0.2) is 0 Å². The molecule has 0 saturated carbocycles. The Hall–Kier alpha value is -1.02. The summed E-state index contributed by atoms with van der Waals surface area (Å²) in [6, 6.07) is 4.28. The van der Waals surface area contributed by atoms with Gasteiger partial charge in [0.2, 0.25) is 0 Å². The maximum Gasteiger partial charge on any atom is 0.126 e. The zero-order valence-corrected chi connectivity index (χ0v) is 16.6. The van der Waals surface area contributed by atoms with Crippen LogP contribution in [0.5, 0.6) is 5.75 Å². The molecule has 2 unspecified atom stereocenters. The normalized spacial score (nSPS) is 15.4. The van der Waals surface area contributed by atoms with Gasteiger partial charge < -0.3 is 9.84 Å². The summed E-state index contributed by atoms with van der Waals surface area (Å²) in [5.41, 5.74) is 3.30. The lowest BCUT2D eigenvalue weighted by atomic mass is 9.77. The number of benzene rings is 1. The molecule has 0 aliphatic rings. The van der Waals surface area contributed by atoms with Crippen LogP contribution in [0.4, 0.5) is 0 Å². The minimum absolute atomic E-state index is 0.0303. The lowest BCUT2D eigenvalue weighted by Gasteiger charge is -2.31. The van der Waals surface area contributed by atoms with Gasteiger partial charge in [-0.3, -0.25) is 0 Å². The Labute approximate surface area is 143 Å². The van der Waals surface area contributed by atoms with E-state index in [1.807, 2.05) is 0 Å². The molecule has 0 heterocycles. The van der Waals surface area contributed by atoms with Crippen LogP contribution in [0.1, 0.15) is 91.0 Å². The van der Waals surface area contributed by atoms with E-state index >= 15 is 0 Å². The Morgan fingerprint density at radius 2 is 1.43 bits per heavy atom. The molecule has 1 aromatic rings. The Morgan fingerprint density at radius 3 is 1.74 bits per heavy atom. The molecule has 0 bridgehead atoms. The Morgan fingerprint density at radius 1 is 1.00 bits per heavy atom. The second kappa shape index (κ2) is 7.25. The summed E-state index contributed by atoms with van der Waals surface area (Å²) < 4.78 is 5.78. The fourth-order valence-electron chi connectivity index (χ4n) is 2.86. The van der Waals surface area contributed by atoms with Crippen LogP contribution in [-0.2, 0) is 10.8 Å². The standard InChI is InChI=1S/C21H36O2/c1-10-14(2)11-18(22)15-12-16(20(3,4)5)19(23-9)17(13-15)21(6,7)8/h12-14,18,22H,10-11H2,1-9H3. The number of aliphatic hydroxyl groups excluding tert-OH is 1. The summed E-state index contributed by atoms with van der Waals surface area (Å²) in [6.07, 6.45) is 1.47. The Kier molecular flexibility index (Phi) is 6.32. The van der Waals surface area contributed by atoms with Gasteiger partial charge in [0.05, 0.1) is 13.2 Å². The van der Waals surface area contributed by atoms with Gasteiger partial charge in [-0.1, -0.05) is 61.8 Å². The largest absolute Gasteiger partial charge is 0.496 e. The van der Waals surface area contributed by atoms with Gasteiger partial charge in [-0.2, -0.15) is 0 Å². The average molecular weight is 321 g/mol. The first-order valence-electron chi connectivity index (χ1n) is 8.82. The van der Waals surface area contributed by atoms with Crippen LogP contribution >= 0.6 is 0 Å². The summed E-state index contributed by atoms with van der Waals surface area (Å²) in [5.74, 6) is 1.48. The van der Waals surface area contributed by atoms with Crippen LogP contribution in [0.15, 0.2) is 12.1 Å². The molecule has 1 aromatic carbocycles. The molecule has 0 amide bonds. The number of hydrogen-bond acceptors (Lipinski definition) is 2. The van der Waals surface area contributed by atoms with E-state index in [0.29, 0.717) is 5.92 Å². The van der Waals surface area contributed by atoms with Crippen molar-refractivity contribution in [1.82, 2.24) is 0 Å². The van der Waals surface area contributed by atoms with Crippen molar-refractivity contribution in [1.29, 1.82) is 0 Å². The van der Waals surface area contributed by atoms with Crippen LogP contribution < -0.4 is 4.74 Å². The molecule has 132 valence electrons. The zero-order chi connectivity index (χ0) is 18.0. The minimum Gasteiger partial charge on any atom is -0.496 e. The molecule has 2 heteroatoms. The highest BCUT2D eigenvalue weighted by molar-refractivity contribution is 5.51. The molecule has 0 fully saturated rings.